The van der Waals surface area contributed by atoms with Crippen molar-refractivity contribution in [2.24, 2.45) is 0 Å². The number of carbonyl (C=O) groups is 3. The van der Waals surface area contributed by atoms with Crippen LogP contribution in [-0.2, 0) is 23.1 Å². The minimum atomic E-state index is -4.29. The Morgan fingerprint density at radius 1 is 1.02 bits per heavy atom. The first-order valence-electron chi connectivity index (χ1n) is 13.2. The van der Waals surface area contributed by atoms with Gasteiger partial charge in [-0.05, 0) is 43.4 Å². The molecule has 15 heteroatoms. The maximum absolute atomic E-state index is 13.2. The van der Waals surface area contributed by atoms with Crippen molar-refractivity contribution in [1.29, 1.82) is 0 Å². The van der Waals surface area contributed by atoms with Crippen LogP contribution in [0.4, 0.5) is 15.4 Å². The lowest BCUT2D eigenvalue weighted by Crippen LogP contribution is -2.59. The second-order valence-electron chi connectivity index (χ2n) is 10.0. The third-order valence-electron chi connectivity index (χ3n) is 7.42. The molecule has 2 aliphatic heterocycles. The molecule has 1 aliphatic carbocycles. The standard InChI is InChI=1S/C25H32N8O6S/c34-23(29-19-14-17-4-1-2-5-18(17)15-19)21-22(28-9-8-27-21)30-24(35)31-10-12-32(13-11-31)40(38,39)33(25(36)37)20-6-3-7-26-16-20/h1-2,4-5,8-9,19-20,26H,3,6-7,10-16H2,(H,29,34)(H,36,37)(H,28,30,35). The van der Waals surface area contributed by atoms with Gasteiger partial charge in [0.25, 0.3) is 5.91 Å². The summed E-state index contributed by atoms with van der Waals surface area (Å²) in [7, 11) is -4.29. The number of amides is 4. The molecule has 14 nitrogen and oxygen atoms in total. The normalized spacial score (nSPS) is 20.0. The summed E-state index contributed by atoms with van der Waals surface area (Å²) >= 11 is 0. The molecular formula is C25H32N8O6S. The molecular weight excluding hydrogens is 540 g/mol. The first kappa shape index (κ1) is 27.7. The van der Waals surface area contributed by atoms with Crippen LogP contribution in [0, 0.1) is 0 Å². The van der Waals surface area contributed by atoms with Gasteiger partial charge in [0.15, 0.2) is 11.5 Å². The number of hydrogen-bond donors (Lipinski definition) is 4. The van der Waals surface area contributed by atoms with Crippen molar-refractivity contribution in [2.45, 2.75) is 37.8 Å². The van der Waals surface area contributed by atoms with Crippen molar-refractivity contribution >= 4 is 34.1 Å². The SMILES string of the molecule is O=C(NC1Cc2ccccc2C1)c1nccnc1NC(=O)N1CCN(S(=O)(=O)N(C(=O)O)C2CCCNC2)CC1. The highest BCUT2D eigenvalue weighted by Crippen LogP contribution is 2.23. The monoisotopic (exact) mass is 572 g/mol. The van der Waals surface area contributed by atoms with E-state index in [1.807, 2.05) is 24.3 Å². The van der Waals surface area contributed by atoms with E-state index in [0.29, 0.717) is 36.5 Å². The predicted molar refractivity (Wildman–Crippen MR) is 144 cm³/mol. The summed E-state index contributed by atoms with van der Waals surface area (Å²) in [5, 5.41) is 18.3. The molecule has 1 aromatic carbocycles. The van der Waals surface area contributed by atoms with E-state index >= 15 is 0 Å². The number of nitrogens with zero attached hydrogens (tertiary/aromatic N) is 5. The Hall–Kier alpha value is -3.82. The molecule has 214 valence electrons. The average molecular weight is 573 g/mol. The van der Waals surface area contributed by atoms with Gasteiger partial charge < -0.3 is 20.6 Å². The second-order valence-corrected chi connectivity index (χ2v) is 11.8. The van der Waals surface area contributed by atoms with E-state index in [9.17, 15) is 27.9 Å². The Morgan fingerprint density at radius 2 is 1.70 bits per heavy atom. The summed E-state index contributed by atoms with van der Waals surface area (Å²) in [6.07, 6.45) is 3.73. The van der Waals surface area contributed by atoms with E-state index in [4.69, 9.17) is 0 Å². The Labute approximate surface area is 231 Å². The first-order valence-corrected chi connectivity index (χ1v) is 14.6. The van der Waals surface area contributed by atoms with Gasteiger partial charge in [0.2, 0.25) is 0 Å². The lowest BCUT2D eigenvalue weighted by atomic mass is 10.1. The van der Waals surface area contributed by atoms with Crippen LogP contribution in [0.25, 0.3) is 0 Å². The Bertz CT molecular complexity index is 1350. The molecule has 3 aliphatic rings. The molecule has 1 aromatic heterocycles. The summed E-state index contributed by atoms with van der Waals surface area (Å²) in [5.74, 6) is -0.458. The van der Waals surface area contributed by atoms with E-state index in [0.717, 1.165) is 4.31 Å². The fourth-order valence-electron chi connectivity index (χ4n) is 5.41. The number of fused-ring (bicyclic) bond motifs is 1. The van der Waals surface area contributed by atoms with E-state index in [1.54, 1.807) is 0 Å². The topological polar surface area (TPSA) is 177 Å². The van der Waals surface area contributed by atoms with Gasteiger partial charge in [-0.2, -0.15) is 17.0 Å². The minimum absolute atomic E-state index is 0.00240. The largest absolute Gasteiger partial charge is 0.464 e. The number of piperidine rings is 1. The number of rotatable bonds is 6. The molecule has 5 rings (SSSR count). The zero-order valence-electron chi connectivity index (χ0n) is 21.8. The van der Waals surface area contributed by atoms with Crippen molar-refractivity contribution in [3.63, 3.8) is 0 Å². The molecule has 3 heterocycles. The number of carbonyl (C=O) groups excluding carboxylic acids is 2. The third-order valence-corrected chi connectivity index (χ3v) is 9.39. The summed E-state index contributed by atoms with van der Waals surface area (Å²) in [6.45, 7) is 0.885. The zero-order valence-corrected chi connectivity index (χ0v) is 22.6. The highest BCUT2D eigenvalue weighted by Gasteiger charge is 2.41. The number of urea groups is 1. The van der Waals surface area contributed by atoms with Gasteiger partial charge in [0.1, 0.15) is 0 Å². The molecule has 4 amide bonds. The Balaban J connectivity index is 1.19. The van der Waals surface area contributed by atoms with Crippen molar-refractivity contribution in [2.75, 3.05) is 44.6 Å². The number of hydrogen-bond acceptors (Lipinski definition) is 8. The molecule has 0 bridgehead atoms. The van der Waals surface area contributed by atoms with Gasteiger partial charge in [-0.1, -0.05) is 24.3 Å². The van der Waals surface area contributed by atoms with Gasteiger partial charge >= 0.3 is 22.3 Å². The number of piperazine rings is 1. The van der Waals surface area contributed by atoms with Crippen LogP contribution < -0.4 is 16.0 Å². The van der Waals surface area contributed by atoms with Crippen LogP contribution in [0.5, 0.6) is 0 Å². The second kappa shape index (κ2) is 11.7. The molecule has 1 atom stereocenters. The van der Waals surface area contributed by atoms with Crippen LogP contribution in [-0.4, -0.2) is 106 Å². The Kier molecular flexibility index (Phi) is 8.14. The van der Waals surface area contributed by atoms with Crippen molar-refractivity contribution in [3.8, 4) is 0 Å². The number of anilines is 1. The maximum atomic E-state index is 13.2. The zero-order chi connectivity index (χ0) is 28.3. The summed E-state index contributed by atoms with van der Waals surface area (Å²) in [6, 6.07) is 6.65. The first-order chi connectivity index (χ1) is 19.2. The van der Waals surface area contributed by atoms with Gasteiger partial charge in [0, 0.05) is 51.2 Å². The fraction of sp³-hybridized carbons (Fsp3) is 0.480. The van der Waals surface area contributed by atoms with Crippen molar-refractivity contribution in [1.82, 2.24) is 34.1 Å². The predicted octanol–water partition coefficient (Wildman–Crippen LogP) is 0.500. The van der Waals surface area contributed by atoms with E-state index < -0.39 is 34.3 Å². The summed E-state index contributed by atoms with van der Waals surface area (Å²) in [4.78, 5) is 47.6. The number of aromatic nitrogens is 2. The number of nitrogens with one attached hydrogen (secondary N) is 3. The van der Waals surface area contributed by atoms with Gasteiger partial charge in [0.05, 0.1) is 6.04 Å². The van der Waals surface area contributed by atoms with Crippen LogP contribution in [0.15, 0.2) is 36.7 Å². The van der Waals surface area contributed by atoms with Crippen molar-refractivity contribution < 1.29 is 27.9 Å². The smallest absolute Gasteiger partial charge is 0.422 e. The van der Waals surface area contributed by atoms with Crippen LogP contribution in [0.2, 0.25) is 0 Å². The molecule has 0 radical (unpaired) electrons. The molecule has 2 aromatic rings. The fourth-order valence-corrected chi connectivity index (χ4v) is 7.04. The molecule has 0 spiro atoms. The molecule has 1 unspecified atom stereocenters. The molecule has 40 heavy (non-hydrogen) atoms. The van der Waals surface area contributed by atoms with Gasteiger partial charge in [-0.15, -0.1) is 0 Å². The summed E-state index contributed by atoms with van der Waals surface area (Å²) in [5.41, 5.74) is 2.35. The highest BCUT2D eigenvalue weighted by molar-refractivity contribution is 7.87. The number of benzene rings is 1. The quantitative estimate of drug-likeness (QED) is 0.384. The molecule has 2 fully saturated rings. The van der Waals surface area contributed by atoms with Crippen LogP contribution in [0.1, 0.15) is 34.5 Å². The lowest BCUT2D eigenvalue weighted by Gasteiger charge is -2.38. The Morgan fingerprint density at radius 3 is 2.33 bits per heavy atom. The highest BCUT2D eigenvalue weighted by atomic mass is 32.2. The van der Waals surface area contributed by atoms with Crippen LogP contribution in [0.3, 0.4) is 0 Å². The lowest BCUT2D eigenvalue weighted by molar-refractivity contribution is 0.0934. The average Bonchev–Trinajstić information content (AvgIpc) is 3.36. The summed E-state index contributed by atoms with van der Waals surface area (Å²) < 4.78 is 28.0. The van der Waals surface area contributed by atoms with Crippen LogP contribution >= 0.6 is 0 Å². The number of carboxylic acid groups (broad SMARTS) is 1. The third kappa shape index (κ3) is 5.85. The molecule has 2 saturated heterocycles. The molecule has 0 saturated carbocycles. The van der Waals surface area contributed by atoms with E-state index in [-0.39, 0.29) is 50.3 Å². The minimum Gasteiger partial charge on any atom is -0.464 e. The van der Waals surface area contributed by atoms with Gasteiger partial charge in [-0.3, -0.25) is 10.1 Å². The van der Waals surface area contributed by atoms with E-state index in [2.05, 4.69) is 25.9 Å². The maximum Gasteiger partial charge on any atom is 0.422 e. The van der Waals surface area contributed by atoms with Gasteiger partial charge in [-0.25, -0.2) is 19.6 Å². The molecule has 4 N–H and O–H groups in total. The van der Waals surface area contributed by atoms with Crippen molar-refractivity contribution in [3.05, 3.63) is 53.5 Å². The van der Waals surface area contributed by atoms with E-state index in [1.165, 1.54) is 28.4 Å².